The van der Waals surface area contributed by atoms with Crippen LogP contribution in [0.5, 0.6) is 0 Å². The van der Waals surface area contributed by atoms with Gasteiger partial charge >= 0.3 is 0 Å². The topological polar surface area (TPSA) is 17.8 Å². The number of hydrogen-bond acceptors (Lipinski definition) is 1. The summed E-state index contributed by atoms with van der Waals surface area (Å²) in [7, 11) is 0. The van der Waals surface area contributed by atoms with Crippen LogP contribution in [-0.2, 0) is 5.41 Å². The van der Waals surface area contributed by atoms with Crippen LogP contribution in [0.1, 0.15) is 25.0 Å². The monoisotopic (exact) mass is 738 g/mol. The van der Waals surface area contributed by atoms with Crippen molar-refractivity contribution in [2.24, 2.45) is 0 Å². The van der Waals surface area contributed by atoms with E-state index in [4.69, 9.17) is 4.98 Å². The van der Waals surface area contributed by atoms with E-state index in [-0.39, 0.29) is 5.41 Å². The largest absolute Gasteiger partial charge is 0.309 e. The van der Waals surface area contributed by atoms with E-state index < -0.39 is 0 Å². The number of benzene rings is 9. The van der Waals surface area contributed by atoms with Gasteiger partial charge in [0.1, 0.15) is 0 Å². The lowest BCUT2D eigenvalue weighted by molar-refractivity contribution is 0.661. The molecule has 0 radical (unpaired) electrons. The number of pyridine rings is 1. The first kappa shape index (κ1) is 32.9. The molecular formula is C56H38N2. The second-order valence-corrected chi connectivity index (χ2v) is 16.3. The summed E-state index contributed by atoms with van der Waals surface area (Å²) in [5, 5.41) is 10.0. The fraction of sp³-hybridized carbons (Fsp3) is 0.0536. The summed E-state index contributed by atoms with van der Waals surface area (Å²) in [6.07, 6.45) is 1.88. The predicted octanol–water partition coefficient (Wildman–Crippen LogP) is 14.9. The van der Waals surface area contributed by atoms with Crippen molar-refractivity contribution < 1.29 is 0 Å². The minimum atomic E-state index is -0.143. The lowest BCUT2D eigenvalue weighted by atomic mass is 9.79. The van der Waals surface area contributed by atoms with Gasteiger partial charge in [-0.2, -0.15) is 0 Å². The van der Waals surface area contributed by atoms with Gasteiger partial charge in [-0.05, 0) is 120 Å². The Morgan fingerprint density at radius 3 is 1.72 bits per heavy atom. The Balaban J connectivity index is 1.21. The number of fused-ring (bicyclic) bond motifs is 9. The van der Waals surface area contributed by atoms with E-state index in [1.807, 2.05) is 12.3 Å². The smallest absolute Gasteiger partial charge is 0.0702 e. The molecule has 272 valence electrons. The second kappa shape index (κ2) is 12.4. The van der Waals surface area contributed by atoms with Crippen molar-refractivity contribution in [1.82, 2.24) is 9.55 Å². The number of para-hydroxylation sites is 2. The Kier molecular flexibility index (Phi) is 7.01. The van der Waals surface area contributed by atoms with Crippen LogP contribution in [0, 0.1) is 0 Å². The summed E-state index contributed by atoms with van der Waals surface area (Å²) in [5.41, 5.74) is 15.9. The minimum Gasteiger partial charge on any atom is -0.309 e. The number of aromatic nitrogens is 2. The SMILES string of the molecule is CC1(C)c2ccccc2-c2cc3c(-c4ccc(-n5c6ccccc6c6ccccc65)c5ccccc45)c4ccccc4c(-c4cccc(-c5ccccn5)c4)c3cc21. The van der Waals surface area contributed by atoms with Gasteiger partial charge in [0.25, 0.3) is 0 Å². The van der Waals surface area contributed by atoms with E-state index in [1.54, 1.807) is 0 Å². The van der Waals surface area contributed by atoms with Crippen LogP contribution in [0.15, 0.2) is 194 Å². The van der Waals surface area contributed by atoms with Crippen molar-refractivity contribution in [3.05, 3.63) is 205 Å². The van der Waals surface area contributed by atoms with Crippen molar-refractivity contribution in [3.8, 4) is 50.3 Å². The highest BCUT2D eigenvalue weighted by Crippen LogP contribution is 2.54. The van der Waals surface area contributed by atoms with E-state index in [1.165, 1.54) is 104 Å². The molecule has 2 heterocycles. The molecule has 11 aromatic rings. The van der Waals surface area contributed by atoms with E-state index >= 15 is 0 Å². The molecule has 0 bridgehead atoms. The van der Waals surface area contributed by atoms with Crippen molar-refractivity contribution in [1.29, 1.82) is 0 Å². The van der Waals surface area contributed by atoms with Crippen LogP contribution >= 0.6 is 0 Å². The van der Waals surface area contributed by atoms with E-state index in [2.05, 4.69) is 200 Å². The van der Waals surface area contributed by atoms with Gasteiger partial charge < -0.3 is 4.57 Å². The minimum absolute atomic E-state index is 0.143. The third-order valence-electron chi connectivity index (χ3n) is 12.8. The standard InChI is InChI=1S/C56H38N2/c1-56(2)48-25-10-7-19-38(48)45-33-46-47(34-49(45)56)54(36-17-15-16-35(32-36)50-26-13-14-31-57-50)42-23-5-6-24-43(42)55(46)44-29-30-53(39-20-4-3-18-37(39)44)58-51-27-11-8-21-40(51)41-22-9-12-28-52(41)58/h3-34H,1-2H3. The van der Waals surface area contributed by atoms with Crippen molar-refractivity contribution in [2.45, 2.75) is 19.3 Å². The van der Waals surface area contributed by atoms with Gasteiger partial charge in [0.2, 0.25) is 0 Å². The number of hydrogen-bond donors (Lipinski definition) is 0. The Bertz CT molecular complexity index is 3420. The molecule has 12 rings (SSSR count). The van der Waals surface area contributed by atoms with Crippen LogP contribution in [-0.4, -0.2) is 9.55 Å². The van der Waals surface area contributed by atoms with Gasteiger partial charge in [-0.1, -0.05) is 153 Å². The molecule has 0 spiro atoms. The van der Waals surface area contributed by atoms with Crippen LogP contribution < -0.4 is 0 Å². The lowest BCUT2D eigenvalue weighted by Crippen LogP contribution is -2.14. The number of nitrogens with zero attached hydrogens (tertiary/aromatic N) is 2. The molecule has 0 aliphatic heterocycles. The zero-order valence-electron chi connectivity index (χ0n) is 32.4. The molecule has 58 heavy (non-hydrogen) atoms. The summed E-state index contributed by atoms with van der Waals surface area (Å²) < 4.78 is 2.45. The molecule has 2 nitrogen and oxygen atoms in total. The molecule has 0 saturated heterocycles. The third-order valence-corrected chi connectivity index (χ3v) is 12.8. The second-order valence-electron chi connectivity index (χ2n) is 16.3. The average molecular weight is 739 g/mol. The van der Waals surface area contributed by atoms with Gasteiger partial charge in [-0.15, -0.1) is 0 Å². The molecule has 1 aliphatic carbocycles. The maximum atomic E-state index is 4.74. The fourth-order valence-corrected chi connectivity index (χ4v) is 10.2. The molecular weight excluding hydrogens is 701 g/mol. The van der Waals surface area contributed by atoms with Crippen LogP contribution in [0.25, 0.3) is 104 Å². The molecule has 0 fully saturated rings. The highest BCUT2D eigenvalue weighted by Gasteiger charge is 2.36. The first-order valence-electron chi connectivity index (χ1n) is 20.2. The molecule has 0 amide bonds. The first-order chi connectivity index (χ1) is 28.6. The molecule has 1 aliphatic rings. The molecule has 0 unspecified atom stereocenters. The highest BCUT2D eigenvalue weighted by molar-refractivity contribution is 6.25. The molecule has 2 aromatic heterocycles. The van der Waals surface area contributed by atoms with Gasteiger partial charge in [0, 0.05) is 33.3 Å². The van der Waals surface area contributed by atoms with E-state index in [0.29, 0.717) is 0 Å². The summed E-state index contributed by atoms with van der Waals surface area (Å²) in [6, 6.07) is 69.5. The summed E-state index contributed by atoms with van der Waals surface area (Å²) >= 11 is 0. The highest BCUT2D eigenvalue weighted by atomic mass is 15.0. The van der Waals surface area contributed by atoms with E-state index in [9.17, 15) is 0 Å². The molecule has 2 heteroatoms. The zero-order chi connectivity index (χ0) is 38.5. The van der Waals surface area contributed by atoms with Crippen molar-refractivity contribution in [2.75, 3.05) is 0 Å². The van der Waals surface area contributed by atoms with Gasteiger partial charge in [-0.3, -0.25) is 4.98 Å². The number of rotatable bonds is 4. The Morgan fingerprint density at radius 1 is 0.379 bits per heavy atom. The van der Waals surface area contributed by atoms with Gasteiger partial charge in [0.05, 0.1) is 22.4 Å². The van der Waals surface area contributed by atoms with Crippen LogP contribution in [0.3, 0.4) is 0 Å². The van der Waals surface area contributed by atoms with Crippen molar-refractivity contribution >= 4 is 54.1 Å². The molecule has 0 saturated carbocycles. The quantitative estimate of drug-likeness (QED) is 0.164. The predicted molar refractivity (Wildman–Crippen MR) is 245 cm³/mol. The maximum absolute atomic E-state index is 4.74. The molecule has 0 atom stereocenters. The molecule has 9 aromatic carbocycles. The Hall–Kier alpha value is -7.29. The van der Waals surface area contributed by atoms with Crippen LogP contribution in [0.2, 0.25) is 0 Å². The van der Waals surface area contributed by atoms with Gasteiger partial charge in [0.15, 0.2) is 0 Å². The van der Waals surface area contributed by atoms with E-state index in [0.717, 1.165) is 11.3 Å². The summed E-state index contributed by atoms with van der Waals surface area (Å²) in [6.45, 7) is 4.77. The summed E-state index contributed by atoms with van der Waals surface area (Å²) in [4.78, 5) is 4.74. The lowest BCUT2D eigenvalue weighted by Gasteiger charge is -2.24. The zero-order valence-corrected chi connectivity index (χ0v) is 32.4. The van der Waals surface area contributed by atoms with Crippen LogP contribution in [0.4, 0.5) is 0 Å². The Labute approximate surface area is 337 Å². The normalized spacial score (nSPS) is 13.1. The van der Waals surface area contributed by atoms with Gasteiger partial charge in [-0.25, -0.2) is 0 Å². The Morgan fingerprint density at radius 2 is 0.983 bits per heavy atom. The fourth-order valence-electron chi connectivity index (χ4n) is 10.2. The molecule has 0 N–H and O–H groups in total. The summed E-state index contributed by atoms with van der Waals surface area (Å²) in [5.74, 6) is 0. The average Bonchev–Trinajstić information content (AvgIpc) is 3.73. The first-order valence-corrected chi connectivity index (χ1v) is 20.2. The van der Waals surface area contributed by atoms with Crippen molar-refractivity contribution in [3.63, 3.8) is 0 Å². The maximum Gasteiger partial charge on any atom is 0.0702 e. The third kappa shape index (κ3) is 4.63.